The van der Waals surface area contributed by atoms with E-state index in [0.717, 1.165) is 24.9 Å². The van der Waals surface area contributed by atoms with Gasteiger partial charge >= 0.3 is 0 Å². The van der Waals surface area contributed by atoms with E-state index in [4.69, 9.17) is 11.6 Å². The van der Waals surface area contributed by atoms with Gasteiger partial charge in [0.05, 0.1) is 11.6 Å². The van der Waals surface area contributed by atoms with Crippen LogP contribution in [0.5, 0.6) is 0 Å². The van der Waals surface area contributed by atoms with Gasteiger partial charge in [-0.25, -0.2) is 0 Å². The van der Waals surface area contributed by atoms with Crippen LogP contribution in [0.4, 0.5) is 11.5 Å². The summed E-state index contributed by atoms with van der Waals surface area (Å²) < 4.78 is 1.33. The Morgan fingerprint density at radius 3 is 2.55 bits per heavy atom. The van der Waals surface area contributed by atoms with Crippen molar-refractivity contribution in [3.63, 3.8) is 0 Å². The lowest BCUT2D eigenvalue weighted by Gasteiger charge is -2.33. The Labute approximate surface area is 197 Å². The molecule has 0 aliphatic carbocycles. The minimum Gasteiger partial charge on any atom is -0.354 e. The molecule has 0 radical (unpaired) electrons. The van der Waals surface area contributed by atoms with Gasteiger partial charge < -0.3 is 10.2 Å². The van der Waals surface area contributed by atoms with Crippen molar-refractivity contribution in [1.29, 1.82) is 0 Å². The van der Waals surface area contributed by atoms with E-state index >= 15 is 0 Å². The molecule has 7 nitrogen and oxygen atoms in total. The third kappa shape index (κ3) is 5.14. The molecule has 2 aromatic carbocycles. The topological polar surface area (TPSA) is 84.3 Å². The minimum absolute atomic E-state index is 0.0162. The Kier molecular flexibility index (Phi) is 6.60. The molecule has 0 bridgehead atoms. The number of hydrogen-bond donors (Lipinski definition) is 1. The van der Waals surface area contributed by atoms with Gasteiger partial charge in [-0.15, -0.1) is 5.10 Å². The van der Waals surface area contributed by atoms with E-state index in [9.17, 15) is 14.4 Å². The molecule has 4 rings (SSSR count). The van der Waals surface area contributed by atoms with Crippen molar-refractivity contribution in [1.82, 2.24) is 9.78 Å². The van der Waals surface area contributed by atoms with Gasteiger partial charge in [-0.1, -0.05) is 17.7 Å². The minimum atomic E-state index is -0.251. The zero-order valence-electron chi connectivity index (χ0n) is 18.5. The van der Waals surface area contributed by atoms with Crippen LogP contribution in [-0.4, -0.2) is 34.6 Å². The Hall–Kier alpha value is -3.45. The second kappa shape index (κ2) is 9.58. The smallest absolute Gasteiger partial charge is 0.271 e. The summed E-state index contributed by atoms with van der Waals surface area (Å²) in [7, 11) is 0. The van der Waals surface area contributed by atoms with Crippen molar-refractivity contribution < 1.29 is 9.59 Å². The molecule has 0 saturated carbocycles. The van der Waals surface area contributed by atoms with Crippen LogP contribution in [0.25, 0.3) is 5.69 Å². The highest BCUT2D eigenvalue weighted by atomic mass is 35.5. The molecule has 1 aromatic heterocycles. The molecule has 1 N–H and O–H groups in total. The second-order valence-corrected chi connectivity index (χ2v) is 8.69. The lowest BCUT2D eigenvalue weighted by atomic mass is 9.97. The zero-order valence-corrected chi connectivity index (χ0v) is 19.3. The van der Waals surface area contributed by atoms with Gasteiger partial charge in [0.15, 0.2) is 5.78 Å². The van der Waals surface area contributed by atoms with Gasteiger partial charge in [0.25, 0.3) is 5.56 Å². The summed E-state index contributed by atoms with van der Waals surface area (Å²) in [5, 5.41) is 8.06. The van der Waals surface area contributed by atoms with Crippen molar-refractivity contribution in [2.75, 3.05) is 23.3 Å². The van der Waals surface area contributed by atoms with E-state index in [0.29, 0.717) is 34.3 Å². The summed E-state index contributed by atoms with van der Waals surface area (Å²) in [4.78, 5) is 38.8. The van der Waals surface area contributed by atoms with Crippen LogP contribution in [0.15, 0.2) is 59.4 Å². The van der Waals surface area contributed by atoms with Crippen molar-refractivity contribution in [2.24, 2.45) is 5.92 Å². The molecule has 1 aliphatic rings. The number of nitrogens with zero attached hydrogens (tertiary/aromatic N) is 3. The van der Waals surface area contributed by atoms with Crippen LogP contribution in [0.2, 0.25) is 5.02 Å². The molecule has 0 spiro atoms. The summed E-state index contributed by atoms with van der Waals surface area (Å²) >= 11 is 6.23. The lowest BCUT2D eigenvalue weighted by molar-refractivity contribution is -0.120. The van der Waals surface area contributed by atoms with Crippen molar-refractivity contribution in [2.45, 2.75) is 26.7 Å². The van der Waals surface area contributed by atoms with Crippen LogP contribution in [-0.2, 0) is 4.79 Å². The molecule has 2 heterocycles. The van der Waals surface area contributed by atoms with E-state index in [1.54, 1.807) is 36.4 Å². The number of Topliss-reactive ketones (excluding diaryl/α,β-unsaturated/α-hetero) is 1. The van der Waals surface area contributed by atoms with E-state index in [2.05, 4.69) is 10.4 Å². The zero-order chi connectivity index (χ0) is 23.5. The number of hydrogen-bond acceptors (Lipinski definition) is 5. The molecule has 1 amide bonds. The molecule has 0 unspecified atom stereocenters. The molecule has 33 heavy (non-hydrogen) atoms. The van der Waals surface area contributed by atoms with E-state index < -0.39 is 0 Å². The molecular formula is C25H25ClN4O3. The van der Waals surface area contributed by atoms with Gasteiger partial charge in [-0.3, -0.25) is 14.4 Å². The van der Waals surface area contributed by atoms with Crippen LogP contribution in [0, 0.1) is 12.8 Å². The number of halogens is 1. The van der Waals surface area contributed by atoms with Gasteiger partial charge in [0.1, 0.15) is 5.82 Å². The number of rotatable bonds is 5. The highest BCUT2D eigenvalue weighted by Gasteiger charge is 2.27. The number of carbonyl (C=O) groups is 2. The van der Waals surface area contributed by atoms with Crippen LogP contribution in [0.1, 0.15) is 35.7 Å². The molecule has 3 aromatic rings. The van der Waals surface area contributed by atoms with Gasteiger partial charge in [-0.05, 0) is 74.7 Å². The number of carbonyl (C=O) groups excluding carboxylic acids is 2. The summed E-state index contributed by atoms with van der Waals surface area (Å²) in [6, 6.07) is 15.4. The summed E-state index contributed by atoms with van der Waals surface area (Å²) in [5.74, 6) is 0.322. The monoisotopic (exact) mass is 464 g/mol. The molecular weight excluding hydrogens is 440 g/mol. The maximum Gasteiger partial charge on any atom is 0.271 e. The average Bonchev–Trinajstić information content (AvgIpc) is 2.81. The fourth-order valence-electron chi connectivity index (χ4n) is 3.90. The Morgan fingerprint density at radius 1 is 1.09 bits per heavy atom. The summed E-state index contributed by atoms with van der Waals surface area (Å²) in [6.45, 7) is 4.65. The first-order chi connectivity index (χ1) is 15.8. The molecule has 1 aliphatic heterocycles. The normalized spacial score (nSPS) is 15.8. The highest BCUT2D eigenvalue weighted by molar-refractivity contribution is 6.31. The molecule has 8 heteroatoms. The number of aryl methyl sites for hydroxylation is 1. The molecule has 1 saturated heterocycles. The number of nitrogens with one attached hydrogen (secondary N) is 1. The lowest BCUT2D eigenvalue weighted by Crippen LogP contribution is -2.41. The highest BCUT2D eigenvalue weighted by Crippen LogP contribution is 2.24. The predicted molar refractivity (Wildman–Crippen MR) is 130 cm³/mol. The Bertz CT molecular complexity index is 1250. The standard InChI is InChI=1S/C25H25ClN4O3/c1-16-5-10-21(14-22(16)26)30-24(32)12-11-23(28-30)29-13-3-4-19(15-29)25(33)27-20-8-6-18(7-9-20)17(2)31/h5-12,14,19H,3-4,13,15H2,1-2H3,(H,27,33)/t19-/m0/s1. The number of benzene rings is 2. The van der Waals surface area contributed by atoms with Crippen molar-refractivity contribution in [3.05, 3.63) is 81.1 Å². The maximum atomic E-state index is 12.9. The Morgan fingerprint density at radius 2 is 1.85 bits per heavy atom. The van der Waals surface area contributed by atoms with Crippen LogP contribution >= 0.6 is 11.6 Å². The van der Waals surface area contributed by atoms with Crippen LogP contribution < -0.4 is 15.8 Å². The first kappa shape index (κ1) is 22.7. The predicted octanol–water partition coefficient (Wildman–Crippen LogP) is 4.25. The van der Waals surface area contributed by atoms with E-state index in [-0.39, 0.29) is 23.2 Å². The number of ketones is 1. The first-order valence-corrected chi connectivity index (χ1v) is 11.2. The SMILES string of the molecule is CC(=O)c1ccc(NC(=O)[C@H]2CCCN(c3ccc(=O)n(-c4ccc(C)c(Cl)c4)n3)C2)cc1. The summed E-state index contributed by atoms with van der Waals surface area (Å²) in [5.41, 5.74) is 2.53. The molecule has 170 valence electrons. The molecule has 1 atom stereocenters. The maximum absolute atomic E-state index is 12.9. The fourth-order valence-corrected chi connectivity index (χ4v) is 4.08. The first-order valence-electron chi connectivity index (χ1n) is 10.9. The number of amides is 1. The van der Waals surface area contributed by atoms with E-state index in [1.807, 2.05) is 24.0 Å². The second-order valence-electron chi connectivity index (χ2n) is 8.28. The van der Waals surface area contributed by atoms with Gasteiger partial charge in [0.2, 0.25) is 5.91 Å². The number of piperidine rings is 1. The Balaban J connectivity index is 1.50. The summed E-state index contributed by atoms with van der Waals surface area (Å²) in [6.07, 6.45) is 1.60. The largest absolute Gasteiger partial charge is 0.354 e. The van der Waals surface area contributed by atoms with Gasteiger partial charge in [-0.2, -0.15) is 4.68 Å². The number of anilines is 2. The number of aromatic nitrogens is 2. The van der Waals surface area contributed by atoms with Crippen molar-refractivity contribution in [3.8, 4) is 5.69 Å². The average molecular weight is 465 g/mol. The van der Waals surface area contributed by atoms with Crippen LogP contribution in [0.3, 0.4) is 0 Å². The quantitative estimate of drug-likeness (QED) is 0.570. The fraction of sp³-hybridized carbons (Fsp3) is 0.280. The van der Waals surface area contributed by atoms with Gasteiger partial charge in [0, 0.05) is 35.4 Å². The van der Waals surface area contributed by atoms with Crippen molar-refractivity contribution >= 4 is 34.8 Å². The third-order valence-electron chi connectivity index (χ3n) is 5.86. The third-order valence-corrected chi connectivity index (χ3v) is 6.27. The molecule has 1 fully saturated rings. The van der Waals surface area contributed by atoms with E-state index in [1.165, 1.54) is 17.7 Å².